The number of nitrogens with one attached hydrogen (secondary N) is 2. The summed E-state index contributed by atoms with van der Waals surface area (Å²) in [5, 5.41) is 5.52. The summed E-state index contributed by atoms with van der Waals surface area (Å²) >= 11 is 0. The second-order valence-corrected chi connectivity index (χ2v) is 5.69. The standard InChI is InChI=1S/C16H21F3N2O2/c1-11(14-3-2-10-23-14)21-15(22)20-9-8-12-4-6-13(7-5-12)16(17,18)19/h4-7,11,14H,2-3,8-10H2,1H3,(H2,20,21,22). The zero-order chi connectivity index (χ0) is 16.9. The number of halogens is 3. The van der Waals surface area contributed by atoms with Gasteiger partial charge in [0.2, 0.25) is 0 Å². The molecule has 0 spiro atoms. The molecule has 1 aliphatic heterocycles. The number of carbonyl (C=O) groups excluding carboxylic acids is 1. The molecule has 0 radical (unpaired) electrons. The minimum atomic E-state index is -4.32. The number of rotatable bonds is 5. The molecule has 0 aromatic heterocycles. The highest BCUT2D eigenvalue weighted by Gasteiger charge is 2.29. The molecule has 1 heterocycles. The summed E-state index contributed by atoms with van der Waals surface area (Å²) in [4.78, 5) is 11.8. The number of carbonyl (C=O) groups is 1. The molecule has 2 unspecified atom stereocenters. The van der Waals surface area contributed by atoms with Gasteiger partial charge in [0.15, 0.2) is 0 Å². The fourth-order valence-electron chi connectivity index (χ4n) is 2.53. The van der Waals surface area contributed by atoms with Crippen molar-refractivity contribution in [2.45, 2.75) is 44.5 Å². The van der Waals surface area contributed by atoms with Crippen LogP contribution < -0.4 is 10.6 Å². The lowest BCUT2D eigenvalue weighted by molar-refractivity contribution is -0.137. The van der Waals surface area contributed by atoms with Gasteiger partial charge in [-0.3, -0.25) is 0 Å². The van der Waals surface area contributed by atoms with Crippen LogP contribution in [0.3, 0.4) is 0 Å². The summed E-state index contributed by atoms with van der Waals surface area (Å²) in [6.45, 7) is 2.98. The Kier molecular flexibility index (Phi) is 5.87. The van der Waals surface area contributed by atoms with Crippen molar-refractivity contribution < 1.29 is 22.7 Å². The fraction of sp³-hybridized carbons (Fsp3) is 0.562. The number of amides is 2. The SMILES string of the molecule is CC(NC(=O)NCCc1ccc(C(F)(F)F)cc1)C1CCCO1. The van der Waals surface area contributed by atoms with E-state index in [1.54, 1.807) is 0 Å². The van der Waals surface area contributed by atoms with E-state index in [-0.39, 0.29) is 18.2 Å². The minimum Gasteiger partial charge on any atom is -0.376 e. The molecule has 1 aromatic rings. The Bertz CT molecular complexity index is 511. The maximum atomic E-state index is 12.5. The fourth-order valence-corrected chi connectivity index (χ4v) is 2.53. The molecule has 4 nitrogen and oxygen atoms in total. The summed E-state index contributed by atoms with van der Waals surface area (Å²) in [5.41, 5.74) is 0.0721. The van der Waals surface area contributed by atoms with Crippen LogP contribution in [-0.4, -0.2) is 31.3 Å². The van der Waals surface area contributed by atoms with Gasteiger partial charge in [-0.05, 0) is 43.9 Å². The molecular weight excluding hydrogens is 309 g/mol. The van der Waals surface area contributed by atoms with Crippen LogP contribution in [0.2, 0.25) is 0 Å². The number of hydrogen-bond acceptors (Lipinski definition) is 2. The van der Waals surface area contributed by atoms with E-state index in [1.165, 1.54) is 12.1 Å². The largest absolute Gasteiger partial charge is 0.416 e. The third-order valence-corrected chi connectivity index (χ3v) is 3.86. The smallest absolute Gasteiger partial charge is 0.376 e. The summed E-state index contributed by atoms with van der Waals surface area (Å²) in [6, 6.07) is 4.60. The normalized spacial score (nSPS) is 19.4. The van der Waals surface area contributed by atoms with Crippen LogP contribution in [0, 0.1) is 0 Å². The van der Waals surface area contributed by atoms with Crippen LogP contribution in [0.15, 0.2) is 24.3 Å². The zero-order valence-electron chi connectivity index (χ0n) is 13.0. The third kappa shape index (κ3) is 5.42. The van der Waals surface area contributed by atoms with E-state index in [1.807, 2.05) is 6.92 Å². The molecule has 7 heteroatoms. The maximum absolute atomic E-state index is 12.5. The molecule has 0 bridgehead atoms. The number of ether oxygens (including phenoxy) is 1. The minimum absolute atomic E-state index is 0.0515. The number of alkyl halides is 3. The summed E-state index contributed by atoms with van der Waals surface area (Å²) in [5.74, 6) is 0. The first kappa shape index (κ1) is 17.6. The summed E-state index contributed by atoms with van der Waals surface area (Å²) in [6.07, 6.45) is -1.86. The lowest BCUT2D eigenvalue weighted by Gasteiger charge is -2.20. The van der Waals surface area contributed by atoms with Crippen LogP contribution in [-0.2, 0) is 17.3 Å². The molecule has 23 heavy (non-hydrogen) atoms. The van der Waals surface area contributed by atoms with E-state index in [0.29, 0.717) is 13.0 Å². The van der Waals surface area contributed by atoms with Crippen molar-refractivity contribution in [1.82, 2.24) is 10.6 Å². The van der Waals surface area contributed by atoms with Crippen LogP contribution >= 0.6 is 0 Å². The van der Waals surface area contributed by atoms with E-state index >= 15 is 0 Å². The van der Waals surface area contributed by atoms with Crippen LogP contribution in [0.1, 0.15) is 30.9 Å². The van der Waals surface area contributed by atoms with E-state index in [2.05, 4.69) is 10.6 Å². The number of hydrogen-bond donors (Lipinski definition) is 2. The first-order valence-electron chi connectivity index (χ1n) is 7.68. The van der Waals surface area contributed by atoms with E-state index in [0.717, 1.165) is 37.1 Å². The molecule has 1 saturated heterocycles. The van der Waals surface area contributed by atoms with Crippen molar-refractivity contribution in [2.24, 2.45) is 0 Å². The van der Waals surface area contributed by atoms with Gasteiger partial charge in [-0.1, -0.05) is 12.1 Å². The molecule has 128 valence electrons. The van der Waals surface area contributed by atoms with Gasteiger partial charge >= 0.3 is 12.2 Å². The van der Waals surface area contributed by atoms with Crippen LogP contribution in [0.25, 0.3) is 0 Å². The van der Waals surface area contributed by atoms with Crippen molar-refractivity contribution >= 4 is 6.03 Å². The molecular formula is C16H21F3N2O2. The van der Waals surface area contributed by atoms with Gasteiger partial charge in [0.05, 0.1) is 17.7 Å². The van der Waals surface area contributed by atoms with Gasteiger partial charge in [0.25, 0.3) is 0 Å². The Hall–Kier alpha value is -1.76. The molecule has 2 rings (SSSR count). The van der Waals surface area contributed by atoms with E-state index < -0.39 is 11.7 Å². The Morgan fingerprint density at radius 3 is 2.61 bits per heavy atom. The molecule has 0 saturated carbocycles. The number of urea groups is 1. The molecule has 1 aromatic carbocycles. The zero-order valence-corrected chi connectivity index (χ0v) is 13.0. The van der Waals surface area contributed by atoms with Gasteiger partial charge < -0.3 is 15.4 Å². The monoisotopic (exact) mass is 330 g/mol. The predicted molar refractivity (Wildman–Crippen MR) is 80.1 cm³/mol. The summed E-state index contributed by atoms with van der Waals surface area (Å²) in [7, 11) is 0. The topological polar surface area (TPSA) is 50.4 Å². The van der Waals surface area contributed by atoms with E-state index in [4.69, 9.17) is 4.74 Å². The highest BCUT2D eigenvalue weighted by atomic mass is 19.4. The molecule has 2 N–H and O–H groups in total. The Morgan fingerprint density at radius 1 is 1.35 bits per heavy atom. The second-order valence-electron chi connectivity index (χ2n) is 5.69. The van der Waals surface area contributed by atoms with Crippen LogP contribution in [0.5, 0.6) is 0 Å². The van der Waals surface area contributed by atoms with Gasteiger partial charge in [-0.15, -0.1) is 0 Å². The first-order valence-corrected chi connectivity index (χ1v) is 7.68. The molecule has 1 fully saturated rings. The summed E-state index contributed by atoms with van der Waals surface area (Å²) < 4.78 is 42.8. The Balaban J connectivity index is 1.70. The number of benzene rings is 1. The first-order chi connectivity index (χ1) is 10.9. The molecule has 2 amide bonds. The lowest BCUT2D eigenvalue weighted by atomic mass is 10.1. The molecule has 2 atom stereocenters. The lowest BCUT2D eigenvalue weighted by Crippen LogP contribution is -2.46. The van der Waals surface area contributed by atoms with E-state index in [9.17, 15) is 18.0 Å². The Labute approximate surface area is 133 Å². The Morgan fingerprint density at radius 2 is 2.04 bits per heavy atom. The predicted octanol–water partition coefficient (Wildman–Crippen LogP) is 3.11. The average molecular weight is 330 g/mol. The van der Waals surface area contributed by atoms with Gasteiger partial charge in [-0.25, -0.2) is 4.79 Å². The second kappa shape index (κ2) is 7.68. The van der Waals surface area contributed by atoms with Crippen molar-refractivity contribution in [3.8, 4) is 0 Å². The maximum Gasteiger partial charge on any atom is 0.416 e. The van der Waals surface area contributed by atoms with Gasteiger partial charge in [0, 0.05) is 13.2 Å². The van der Waals surface area contributed by atoms with Crippen LogP contribution in [0.4, 0.5) is 18.0 Å². The van der Waals surface area contributed by atoms with Crippen molar-refractivity contribution in [3.63, 3.8) is 0 Å². The highest BCUT2D eigenvalue weighted by Crippen LogP contribution is 2.29. The van der Waals surface area contributed by atoms with Gasteiger partial charge in [0.1, 0.15) is 0 Å². The molecule has 0 aliphatic carbocycles. The van der Waals surface area contributed by atoms with Crippen molar-refractivity contribution in [2.75, 3.05) is 13.2 Å². The van der Waals surface area contributed by atoms with Gasteiger partial charge in [-0.2, -0.15) is 13.2 Å². The van der Waals surface area contributed by atoms with Crippen molar-refractivity contribution in [3.05, 3.63) is 35.4 Å². The average Bonchev–Trinajstić information content (AvgIpc) is 3.01. The van der Waals surface area contributed by atoms with Crippen molar-refractivity contribution in [1.29, 1.82) is 0 Å². The quantitative estimate of drug-likeness (QED) is 0.871. The molecule has 1 aliphatic rings. The highest BCUT2D eigenvalue weighted by molar-refractivity contribution is 5.74. The third-order valence-electron chi connectivity index (χ3n) is 3.86.